The van der Waals surface area contributed by atoms with Crippen LogP contribution in [-0.4, -0.2) is 14.2 Å². The van der Waals surface area contributed by atoms with Gasteiger partial charge in [-0.1, -0.05) is 42.5 Å². The van der Waals surface area contributed by atoms with Gasteiger partial charge in [0, 0.05) is 19.6 Å². The van der Waals surface area contributed by atoms with Crippen molar-refractivity contribution in [2.45, 2.75) is 31.9 Å². The van der Waals surface area contributed by atoms with Crippen molar-refractivity contribution < 1.29 is 9.47 Å². The van der Waals surface area contributed by atoms with E-state index in [0.717, 1.165) is 70.0 Å². The van der Waals surface area contributed by atoms with Gasteiger partial charge in [0.15, 0.2) is 0 Å². The molecule has 0 amide bonds. The lowest BCUT2D eigenvalue weighted by Crippen LogP contribution is -2.28. The number of hydrogen-bond donors (Lipinski definition) is 4. The zero-order valence-electron chi connectivity index (χ0n) is 22.4. The minimum absolute atomic E-state index is 0.719. The maximum Gasteiger partial charge on any atom is 0.127 e. The molecule has 0 spiro atoms. The molecule has 0 aromatic heterocycles. The molecule has 0 saturated heterocycles. The van der Waals surface area contributed by atoms with Crippen LogP contribution in [0.3, 0.4) is 0 Å². The summed E-state index contributed by atoms with van der Waals surface area (Å²) in [6.45, 7) is 2.19. The number of hydrogen-bond acceptors (Lipinski definition) is 6. The van der Waals surface area contributed by atoms with E-state index >= 15 is 0 Å². The number of rotatable bonds is 7. The fourth-order valence-corrected chi connectivity index (χ4v) is 6.32. The Bertz CT molecular complexity index is 1540. The van der Waals surface area contributed by atoms with E-state index in [1.807, 2.05) is 42.5 Å². The van der Waals surface area contributed by atoms with Crippen LogP contribution >= 0.6 is 50.5 Å². The Morgan fingerprint density at radius 1 is 0.500 bits per heavy atom. The monoisotopic (exact) mass is 598 g/mol. The summed E-state index contributed by atoms with van der Waals surface area (Å²) in [5, 5.41) is 0. The van der Waals surface area contributed by atoms with Gasteiger partial charge in [-0.05, 0) is 101 Å². The van der Waals surface area contributed by atoms with E-state index in [0.29, 0.717) is 0 Å². The van der Waals surface area contributed by atoms with Crippen molar-refractivity contribution in [3.05, 3.63) is 120 Å². The van der Waals surface area contributed by atoms with Crippen molar-refractivity contribution in [1.29, 1.82) is 0 Å². The summed E-state index contributed by atoms with van der Waals surface area (Å²) >= 11 is 19.0. The molecule has 0 heterocycles. The second kappa shape index (κ2) is 11.9. The zero-order chi connectivity index (χ0) is 28.4. The molecule has 0 saturated carbocycles. The summed E-state index contributed by atoms with van der Waals surface area (Å²) in [4.78, 5) is 3.53. The van der Waals surface area contributed by atoms with Crippen molar-refractivity contribution in [3.63, 3.8) is 0 Å². The Hall–Kier alpha value is -2.90. The van der Waals surface area contributed by atoms with Gasteiger partial charge in [0.1, 0.15) is 11.5 Å². The molecule has 6 heteroatoms. The van der Waals surface area contributed by atoms with Crippen LogP contribution in [0.1, 0.15) is 23.6 Å². The van der Waals surface area contributed by atoms with Gasteiger partial charge in [0.2, 0.25) is 0 Å². The Labute approximate surface area is 258 Å². The molecule has 0 unspecified atom stereocenters. The highest BCUT2D eigenvalue weighted by atomic mass is 32.1. The third kappa shape index (κ3) is 5.38. The zero-order valence-corrected chi connectivity index (χ0v) is 26.0. The molecule has 0 atom stereocenters. The van der Waals surface area contributed by atoms with Crippen molar-refractivity contribution in [3.8, 4) is 33.8 Å². The summed E-state index contributed by atoms with van der Waals surface area (Å²) in [6.07, 6.45) is 0. The highest BCUT2D eigenvalue weighted by Crippen LogP contribution is 2.51. The maximum absolute atomic E-state index is 5.97. The number of methoxy groups -OCH3 is 2. The topological polar surface area (TPSA) is 18.5 Å². The molecule has 5 rings (SSSR count). The molecule has 40 heavy (non-hydrogen) atoms. The molecule has 0 bridgehead atoms. The van der Waals surface area contributed by atoms with Gasteiger partial charge in [-0.3, -0.25) is 0 Å². The van der Waals surface area contributed by atoms with E-state index in [4.69, 9.17) is 34.7 Å². The third-order valence-corrected chi connectivity index (χ3v) is 8.78. The Morgan fingerprint density at radius 2 is 0.875 bits per heavy atom. The lowest BCUT2D eigenvalue weighted by molar-refractivity contribution is 0.374. The highest BCUT2D eigenvalue weighted by Gasteiger charge is 2.40. The molecule has 0 aliphatic carbocycles. The number of benzene rings is 5. The fraction of sp³-hybridized carbons (Fsp3) is 0.118. The summed E-state index contributed by atoms with van der Waals surface area (Å²) in [5.74, 6) is 1.44. The molecule has 202 valence electrons. The van der Waals surface area contributed by atoms with Gasteiger partial charge in [-0.15, -0.1) is 50.5 Å². The number of thiol groups is 4. The molecule has 0 aliphatic heterocycles. The summed E-state index contributed by atoms with van der Waals surface area (Å²) in [7, 11) is 3.37. The first-order valence-electron chi connectivity index (χ1n) is 12.7. The molecule has 0 fully saturated rings. The average molecular weight is 599 g/mol. The van der Waals surface area contributed by atoms with E-state index in [-0.39, 0.29) is 0 Å². The van der Waals surface area contributed by atoms with Gasteiger partial charge in [-0.2, -0.15) is 0 Å². The molecule has 0 aliphatic rings. The van der Waals surface area contributed by atoms with Crippen LogP contribution in [-0.2, 0) is 5.41 Å². The lowest BCUT2D eigenvalue weighted by atomic mass is 9.69. The quantitative estimate of drug-likeness (QED) is 0.110. The van der Waals surface area contributed by atoms with Crippen molar-refractivity contribution >= 4 is 50.5 Å². The van der Waals surface area contributed by atoms with Crippen LogP contribution in [0.15, 0.2) is 123 Å². The van der Waals surface area contributed by atoms with Crippen LogP contribution in [0, 0.1) is 0 Å². The van der Waals surface area contributed by atoms with Gasteiger partial charge in [-0.25, -0.2) is 0 Å². The van der Waals surface area contributed by atoms with Crippen molar-refractivity contribution in [1.82, 2.24) is 0 Å². The van der Waals surface area contributed by atoms with E-state index in [1.54, 1.807) is 14.2 Å². The summed E-state index contributed by atoms with van der Waals surface area (Å²) < 4.78 is 11.9. The normalized spacial score (nSPS) is 11.4. The largest absolute Gasteiger partial charge is 0.496 e. The summed E-state index contributed by atoms with van der Waals surface area (Å²) in [6, 6.07) is 34.9. The molecular formula is C34H30O2S4. The fourth-order valence-electron chi connectivity index (χ4n) is 5.30. The van der Waals surface area contributed by atoms with Crippen molar-refractivity contribution in [2.24, 2.45) is 0 Å². The van der Waals surface area contributed by atoms with Gasteiger partial charge < -0.3 is 9.47 Å². The Morgan fingerprint density at radius 3 is 1.25 bits per heavy atom. The van der Waals surface area contributed by atoms with E-state index < -0.39 is 5.41 Å². The standard InChI is InChI=1S/C34H30O2S4/c1-34(33-29(35-2)5-4-6-30(33)36-3,27-19-23(11-17-31(27)39)21-7-13-25(37)14-8-21)28-20-24(12-18-32(28)40)22-9-15-26(38)16-10-22/h4-20,37-40H,1-3H3. The predicted molar refractivity (Wildman–Crippen MR) is 178 cm³/mol. The Kier molecular flexibility index (Phi) is 8.52. The minimum atomic E-state index is -0.759. The molecule has 0 radical (unpaired) electrons. The number of ether oxygens (including phenoxy) is 2. The van der Waals surface area contributed by atoms with Gasteiger partial charge in [0.05, 0.1) is 25.2 Å². The SMILES string of the molecule is COc1cccc(OC)c1C(C)(c1cc(-c2ccc(S)cc2)ccc1S)c1cc(-c2ccc(S)cc2)ccc1S. The second-order valence-electron chi connectivity index (χ2n) is 9.72. The molecule has 5 aromatic rings. The van der Waals surface area contributed by atoms with Crippen LogP contribution in [0.2, 0.25) is 0 Å². The molecule has 0 N–H and O–H groups in total. The minimum Gasteiger partial charge on any atom is -0.496 e. The first kappa shape index (κ1) is 28.6. The lowest BCUT2D eigenvalue weighted by Gasteiger charge is -2.36. The van der Waals surface area contributed by atoms with Gasteiger partial charge >= 0.3 is 0 Å². The highest BCUT2D eigenvalue weighted by molar-refractivity contribution is 7.80. The Balaban J connectivity index is 1.85. The van der Waals surface area contributed by atoms with E-state index in [2.05, 4.69) is 92.8 Å². The molecule has 2 nitrogen and oxygen atoms in total. The third-order valence-electron chi connectivity index (χ3n) is 7.40. The smallest absolute Gasteiger partial charge is 0.127 e. The van der Waals surface area contributed by atoms with Gasteiger partial charge in [0.25, 0.3) is 0 Å². The van der Waals surface area contributed by atoms with E-state index in [1.165, 1.54) is 0 Å². The summed E-state index contributed by atoms with van der Waals surface area (Å²) in [5.41, 5.74) is 6.47. The van der Waals surface area contributed by atoms with Crippen LogP contribution in [0.25, 0.3) is 22.3 Å². The first-order chi connectivity index (χ1) is 19.3. The maximum atomic E-state index is 5.97. The molecular weight excluding hydrogens is 569 g/mol. The molecule has 5 aromatic carbocycles. The second-order valence-corrected chi connectivity index (χ2v) is 11.7. The van der Waals surface area contributed by atoms with Crippen molar-refractivity contribution in [2.75, 3.05) is 14.2 Å². The van der Waals surface area contributed by atoms with Crippen LogP contribution in [0.4, 0.5) is 0 Å². The van der Waals surface area contributed by atoms with Crippen LogP contribution < -0.4 is 9.47 Å². The van der Waals surface area contributed by atoms with E-state index in [9.17, 15) is 0 Å². The predicted octanol–water partition coefficient (Wildman–Crippen LogP) is 9.55. The average Bonchev–Trinajstić information content (AvgIpc) is 2.97. The van der Waals surface area contributed by atoms with Crippen LogP contribution in [0.5, 0.6) is 11.5 Å². The first-order valence-corrected chi connectivity index (χ1v) is 14.5.